The summed E-state index contributed by atoms with van der Waals surface area (Å²) in [6.07, 6.45) is 5.11. The number of nitrogens with two attached hydrogens (primary N) is 1. The Hall–Kier alpha value is -1.43. The summed E-state index contributed by atoms with van der Waals surface area (Å²) in [6.45, 7) is 4.09. The van der Waals surface area contributed by atoms with Gasteiger partial charge in [0, 0.05) is 25.9 Å². The Labute approximate surface area is 124 Å². The molecule has 0 aliphatic carbocycles. The Morgan fingerprint density at radius 2 is 2.25 bits per heavy atom. The van der Waals surface area contributed by atoms with Crippen molar-refractivity contribution in [1.29, 1.82) is 0 Å². The first-order valence-electron chi connectivity index (χ1n) is 6.65. The monoisotopic (exact) mass is 293 g/mol. The SMILES string of the molecule is CCc1nn(C)c(CC(NN)c2cnccc2C)c1Cl. The molecular formula is C14H20ClN5. The zero-order chi connectivity index (χ0) is 14.7. The lowest BCUT2D eigenvalue weighted by Gasteiger charge is -2.18. The van der Waals surface area contributed by atoms with Gasteiger partial charge in [0.25, 0.3) is 0 Å². The van der Waals surface area contributed by atoms with E-state index in [0.717, 1.165) is 34.0 Å². The molecule has 0 radical (unpaired) electrons. The molecule has 108 valence electrons. The number of rotatable bonds is 5. The van der Waals surface area contributed by atoms with Crippen molar-refractivity contribution in [3.05, 3.63) is 46.0 Å². The molecule has 0 saturated heterocycles. The van der Waals surface area contributed by atoms with Crippen LogP contribution in [0.3, 0.4) is 0 Å². The number of nitrogens with one attached hydrogen (secondary N) is 1. The van der Waals surface area contributed by atoms with E-state index in [4.69, 9.17) is 17.4 Å². The fraction of sp³-hybridized carbons (Fsp3) is 0.429. The molecule has 2 aromatic rings. The van der Waals surface area contributed by atoms with Crippen LogP contribution in [-0.2, 0) is 19.9 Å². The van der Waals surface area contributed by atoms with Gasteiger partial charge in [-0.25, -0.2) is 0 Å². The van der Waals surface area contributed by atoms with Gasteiger partial charge in [0.15, 0.2) is 0 Å². The van der Waals surface area contributed by atoms with Gasteiger partial charge >= 0.3 is 0 Å². The number of aryl methyl sites for hydroxylation is 3. The minimum atomic E-state index is -0.0405. The van der Waals surface area contributed by atoms with E-state index in [0.29, 0.717) is 6.42 Å². The molecule has 0 fully saturated rings. The van der Waals surface area contributed by atoms with Gasteiger partial charge in [0.05, 0.1) is 22.5 Å². The lowest BCUT2D eigenvalue weighted by molar-refractivity contribution is 0.526. The molecule has 3 N–H and O–H groups in total. The van der Waals surface area contributed by atoms with E-state index in [2.05, 4.69) is 15.5 Å². The van der Waals surface area contributed by atoms with Crippen molar-refractivity contribution in [2.45, 2.75) is 32.7 Å². The van der Waals surface area contributed by atoms with Crippen LogP contribution in [0.2, 0.25) is 5.02 Å². The highest BCUT2D eigenvalue weighted by atomic mass is 35.5. The zero-order valence-corrected chi connectivity index (χ0v) is 12.8. The summed E-state index contributed by atoms with van der Waals surface area (Å²) in [5, 5.41) is 5.17. The van der Waals surface area contributed by atoms with E-state index in [-0.39, 0.29) is 6.04 Å². The molecule has 0 aromatic carbocycles. The number of halogens is 1. The Morgan fingerprint density at radius 3 is 2.80 bits per heavy atom. The Morgan fingerprint density at radius 1 is 1.50 bits per heavy atom. The first-order chi connectivity index (χ1) is 9.58. The van der Waals surface area contributed by atoms with E-state index >= 15 is 0 Å². The van der Waals surface area contributed by atoms with Crippen LogP contribution in [0.25, 0.3) is 0 Å². The summed E-state index contributed by atoms with van der Waals surface area (Å²) < 4.78 is 1.83. The van der Waals surface area contributed by atoms with Crippen LogP contribution in [0.15, 0.2) is 18.5 Å². The molecule has 20 heavy (non-hydrogen) atoms. The highest BCUT2D eigenvalue weighted by molar-refractivity contribution is 6.31. The number of hydrogen-bond acceptors (Lipinski definition) is 4. The molecule has 0 spiro atoms. The van der Waals surface area contributed by atoms with Gasteiger partial charge in [-0.15, -0.1) is 0 Å². The maximum Gasteiger partial charge on any atom is 0.0850 e. The van der Waals surface area contributed by atoms with Crippen LogP contribution in [0.1, 0.15) is 35.5 Å². The fourth-order valence-corrected chi connectivity index (χ4v) is 2.71. The average Bonchev–Trinajstić information content (AvgIpc) is 2.72. The quantitative estimate of drug-likeness (QED) is 0.654. The van der Waals surface area contributed by atoms with Gasteiger partial charge in [0.1, 0.15) is 0 Å². The molecule has 1 unspecified atom stereocenters. The van der Waals surface area contributed by atoms with Crippen molar-refractivity contribution in [2.75, 3.05) is 0 Å². The van der Waals surface area contributed by atoms with Crippen molar-refractivity contribution in [3.8, 4) is 0 Å². The van der Waals surface area contributed by atoms with Gasteiger partial charge < -0.3 is 0 Å². The van der Waals surface area contributed by atoms with E-state index < -0.39 is 0 Å². The maximum atomic E-state index is 6.39. The van der Waals surface area contributed by atoms with Crippen molar-refractivity contribution in [3.63, 3.8) is 0 Å². The number of hydrogen-bond donors (Lipinski definition) is 2. The molecule has 6 heteroatoms. The van der Waals surface area contributed by atoms with Gasteiger partial charge in [-0.1, -0.05) is 18.5 Å². The van der Waals surface area contributed by atoms with Crippen LogP contribution in [0.4, 0.5) is 0 Å². The first-order valence-corrected chi connectivity index (χ1v) is 7.03. The van der Waals surface area contributed by atoms with Crippen LogP contribution < -0.4 is 11.3 Å². The summed E-state index contributed by atoms with van der Waals surface area (Å²) in [5.41, 5.74) is 6.97. The van der Waals surface area contributed by atoms with Crippen molar-refractivity contribution in [2.24, 2.45) is 12.9 Å². The lowest BCUT2D eigenvalue weighted by Crippen LogP contribution is -2.30. The minimum absolute atomic E-state index is 0.0405. The summed E-state index contributed by atoms with van der Waals surface area (Å²) in [6, 6.07) is 1.93. The van der Waals surface area contributed by atoms with Crippen molar-refractivity contribution in [1.82, 2.24) is 20.2 Å². The third kappa shape index (κ3) is 2.85. The molecule has 0 amide bonds. The van der Waals surface area contributed by atoms with Gasteiger partial charge in [-0.3, -0.25) is 20.9 Å². The third-order valence-corrected chi connectivity index (χ3v) is 3.99. The topological polar surface area (TPSA) is 68.8 Å². The largest absolute Gasteiger partial charge is 0.271 e. The van der Waals surface area contributed by atoms with E-state index in [1.807, 2.05) is 37.8 Å². The number of nitrogens with zero attached hydrogens (tertiary/aromatic N) is 3. The van der Waals surface area contributed by atoms with E-state index in [1.165, 1.54) is 0 Å². The molecule has 0 saturated carbocycles. The summed E-state index contributed by atoms with van der Waals surface area (Å²) in [7, 11) is 1.91. The molecule has 0 aliphatic rings. The van der Waals surface area contributed by atoms with Crippen molar-refractivity contribution >= 4 is 11.6 Å². The molecular weight excluding hydrogens is 274 g/mol. The fourth-order valence-electron chi connectivity index (χ4n) is 2.33. The smallest absolute Gasteiger partial charge is 0.0850 e. The van der Waals surface area contributed by atoms with Gasteiger partial charge in [-0.2, -0.15) is 5.10 Å². The summed E-state index contributed by atoms with van der Waals surface area (Å²) >= 11 is 6.39. The second-order valence-corrected chi connectivity index (χ2v) is 5.22. The van der Waals surface area contributed by atoms with Crippen molar-refractivity contribution < 1.29 is 0 Å². The predicted molar refractivity (Wildman–Crippen MR) is 80.3 cm³/mol. The van der Waals surface area contributed by atoms with Crippen LogP contribution in [0, 0.1) is 6.92 Å². The number of aromatic nitrogens is 3. The van der Waals surface area contributed by atoms with Gasteiger partial charge in [-0.05, 0) is 30.5 Å². The summed E-state index contributed by atoms with van der Waals surface area (Å²) in [4.78, 5) is 4.17. The number of hydrazine groups is 1. The average molecular weight is 294 g/mol. The molecule has 0 aliphatic heterocycles. The van der Waals surface area contributed by atoms with Gasteiger partial charge in [0.2, 0.25) is 0 Å². The summed E-state index contributed by atoms with van der Waals surface area (Å²) in [5.74, 6) is 5.71. The highest BCUT2D eigenvalue weighted by Crippen LogP contribution is 2.26. The number of pyridine rings is 1. The Bertz CT molecular complexity index is 593. The molecule has 2 heterocycles. The standard InChI is InChI=1S/C14H20ClN5/c1-4-11-14(15)13(20(3)19-11)7-12(18-16)10-8-17-6-5-9(10)2/h5-6,8,12,18H,4,7,16H2,1-3H3. The first kappa shape index (κ1) is 15.0. The zero-order valence-electron chi connectivity index (χ0n) is 12.0. The molecule has 2 aromatic heterocycles. The van der Waals surface area contributed by atoms with Crippen LogP contribution >= 0.6 is 11.6 Å². The second-order valence-electron chi connectivity index (χ2n) is 4.84. The maximum absolute atomic E-state index is 6.39. The Kier molecular flexibility index (Phi) is 4.75. The molecule has 1 atom stereocenters. The third-order valence-electron chi connectivity index (χ3n) is 3.56. The van der Waals surface area contributed by atoms with E-state index in [1.54, 1.807) is 6.20 Å². The molecule has 0 bridgehead atoms. The van der Waals surface area contributed by atoms with E-state index in [9.17, 15) is 0 Å². The molecule has 2 rings (SSSR count). The Balaban J connectivity index is 2.32. The molecule has 5 nitrogen and oxygen atoms in total. The normalized spacial score (nSPS) is 12.7. The van der Waals surface area contributed by atoms with Crippen LogP contribution in [0.5, 0.6) is 0 Å². The second kappa shape index (κ2) is 6.35. The minimum Gasteiger partial charge on any atom is -0.271 e. The highest BCUT2D eigenvalue weighted by Gasteiger charge is 2.19. The predicted octanol–water partition coefficient (Wildman–Crippen LogP) is 2.09. The van der Waals surface area contributed by atoms with Crippen LogP contribution in [-0.4, -0.2) is 14.8 Å². The lowest BCUT2D eigenvalue weighted by atomic mass is 10.00.